The predicted molar refractivity (Wildman–Crippen MR) is 120 cm³/mol. The van der Waals surface area contributed by atoms with Crippen molar-refractivity contribution in [2.75, 3.05) is 18.4 Å². The van der Waals surface area contributed by atoms with E-state index in [1.165, 1.54) is 5.56 Å². The van der Waals surface area contributed by atoms with E-state index in [0.29, 0.717) is 25.4 Å². The molecule has 1 aromatic heterocycles. The summed E-state index contributed by atoms with van der Waals surface area (Å²) in [6, 6.07) is 10.00. The lowest BCUT2D eigenvalue weighted by Crippen LogP contribution is -2.39. The maximum atomic E-state index is 12.9. The van der Waals surface area contributed by atoms with Crippen LogP contribution in [-0.4, -0.2) is 39.6 Å². The minimum Gasteiger partial charge on any atom is -0.338 e. The molecule has 0 saturated carbocycles. The number of benzene rings is 1. The maximum absolute atomic E-state index is 12.9. The van der Waals surface area contributed by atoms with Crippen LogP contribution in [0.3, 0.4) is 0 Å². The number of nitrogens with zero attached hydrogens (tertiary/aromatic N) is 3. The minimum absolute atomic E-state index is 0.0121. The number of hydrogen-bond donors (Lipinski definition) is 1. The summed E-state index contributed by atoms with van der Waals surface area (Å²) in [6.07, 6.45) is 3.85. The third-order valence-electron chi connectivity index (χ3n) is 5.63. The second kappa shape index (κ2) is 9.02. The van der Waals surface area contributed by atoms with Gasteiger partial charge in [-0.25, -0.2) is 4.68 Å². The number of hydrogen-bond acceptors (Lipinski definition) is 3. The van der Waals surface area contributed by atoms with Crippen LogP contribution < -0.4 is 5.32 Å². The van der Waals surface area contributed by atoms with Crippen LogP contribution >= 0.6 is 0 Å². The van der Waals surface area contributed by atoms with Gasteiger partial charge in [-0.15, -0.1) is 0 Å². The zero-order valence-electron chi connectivity index (χ0n) is 18.8. The van der Waals surface area contributed by atoms with Gasteiger partial charge in [0.15, 0.2) is 0 Å². The quantitative estimate of drug-likeness (QED) is 0.781. The zero-order valence-corrected chi connectivity index (χ0v) is 18.8. The third kappa shape index (κ3) is 5.29. The molecular formula is C24H34N4O2. The first-order valence-electron chi connectivity index (χ1n) is 10.9. The molecule has 1 aromatic carbocycles. The molecule has 0 unspecified atom stereocenters. The van der Waals surface area contributed by atoms with E-state index in [9.17, 15) is 9.59 Å². The van der Waals surface area contributed by atoms with Crippen LogP contribution in [0.5, 0.6) is 0 Å². The van der Waals surface area contributed by atoms with E-state index in [2.05, 4.69) is 43.3 Å². The summed E-state index contributed by atoms with van der Waals surface area (Å²) < 4.78 is 1.90. The third-order valence-corrected chi connectivity index (χ3v) is 5.63. The fourth-order valence-corrected chi connectivity index (χ4v) is 3.88. The van der Waals surface area contributed by atoms with E-state index in [4.69, 9.17) is 0 Å². The molecular weight excluding hydrogens is 376 g/mol. The topological polar surface area (TPSA) is 67.2 Å². The van der Waals surface area contributed by atoms with Crippen LogP contribution in [0.4, 0.5) is 5.82 Å². The summed E-state index contributed by atoms with van der Waals surface area (Å²) >= 11 is 0. The lowest BCUT2D eigenvalue weighted by Gasteiger charge is -2.33. The second-order valence-electron chi connectivity index (χ2n) is 9.66. The van der Waals surface area contributed by atoms with Gasteiger partial charge in [0.1, 0.15) is 5.82 Å². The largest absolute Gasteiger partial charge is 0.338 e. The molecule has 0 spiro atoms. The zero-order chi connectivity index (χ0) is 21.9. The number of anilines is 1. The molecule has 0 atom stereocenters. The van der Waals surface area contributed by atoms with Crippen LogP contribution in [0.1, 0.15) is 75.8 Å². The molecule has 30 heavy (non-hydrogen) atoms. The number of rotatable bonds is 5. The van der Waals surface area contributed by atoms with Gasteiger partial charge >= 0.3 is 0 Å². The SMILES string of the molecule is CC(C)CC(=O)Nc1ccnn1C1CCN(C(=O)c2ccc(C(C)(C)C)cc2)CC1. The van der Waals surface area contributed by atoms with Crippen molar-refractivity contribution in [3.63, 3.8) is 0 Å². The molecule has 1 N–H and O–H groups in total. The summed E-state index contributed by atoms with van der Waals surface area (Å²) in [7, 11) is 0. The highest BCUT2D eigenvalue weighted by atomic mass is 16.2. The first-order chi connectivity index (χ1) is 14.1. The number of carbonyl (C=O) groups excluding carboxylic acids is 2. The lowest BCUT2D eigenvalue weighted by molar-refractivity contribution is -0.116. The fraction of sp³-hybridized carbons (Fsp3) is 0.542. The normalized spacial score (nSPS) is 15.5. The van der Waals surface area contributed by atoms with Gasteiger partial charge < -0.3 is 10.2 Å². The second-order valence-corrected chi connectivity index (χ2v) is 9.66. The Kier molecular flexibility index (Phi) is 6.64. The number of nitrogens with one attached hydrogen (secondary N) is 1. The summed E-state index contributed by atoms with van der Waals surface area (Å²) in [5.41, 5.74) is 2.04. The Labute approximate surface area is 179 Å². The van der Waals surface area contributed by atoms with Gasteiger partial charge in [-0.2, -0.15) is 5.10 Å². The molecule has 2 amide bonds. The Bertz CT molecular complexity index is 869. The standard InChI is InChI=1S/C24H34N4O2/c1-17(2)16-22(29)26-21-10-13-25-28(21)20-11-14-27(15-12-20)23(30)18-6-8-19(9-7-18)24(3,4)5/h6-10,13,17,20H,11-12,14-16H2,1-5H3,(H,26,29). The number of amides is 2. The van der Waals surface area contributed by atoms with Crippen molar-refractivity contribution in [2.45, 2.75) is 65.3 Å². The smallest absolute Gasteiger partial charge is 0.253 e. The molecule has 0 aliphatic carbocycles. The minimum atomic E-state index is 0.0121. The molecule has 0 bridgehead atoms. The van der Waals surface area contributed by atoms with Gasteiger partial charge in [-0.1, -0.05) is 46.8 Å². The number of carbonyl (C=O) groups is 2. The first-order valence-corrected chi connectivity index (χ1v) is 10.9. The van der Waals surface area contributed by atoms with E-state index in [1.54, 1.807) is 6.20 Å². The number of likely N-dealkylation sites (tertiary alicyclic amines) is 1. The molecule has 0 radical (unpaired) electrons. The Morgan fingerprint density at radius 1 is 1.10 bits per heavy atom. The highest BCUT2D eigenvalue weighted by Gasteiger charge is 2.26. The van der Waals surface area contributed by atoms with Crippen LogP contribution in [0.2, 0.25) is 0 Å². The van der Waals surface area contributed by atoms with Crippen LogP contribution in [-0.2, 0) is 10.2 Å². The molecule has 1 saturated heterocycles. The summed E-state index contributed by atoms with van der Waals surface area (Å²) in [5.74, 6) is 1.15. The van der Waals surface area contributed by atoms with Crippen molar-refractivity contribution in [3.8, 4) is 0 Å². The molecule has 1 aliphatic heterocycles. The molecule has 1 aliphatic rings. The molecule has 6 heteroatoms. The Morgan fingerprint density at radius 2 is 1.73 bits per heavy atom. The van der Waals surface area contributed by atoms with Gasteiger partial charge in [-0.3, -0.25) is 9.59 Å². The number of piperidine rings is 1. The molecule has 3 rings (SSSR count). The molecule has 1 fully saturated rings. The maximum Gasteiger partial charge on any atom is 0.253 e. The van der Waals surface area contributed by atoms with Crippen LogP contribution in [0.25, 0.3) is 0 Å². The summed E-state index contributed by atoms with van der Waals surface area (Å²) in [6.45, 7) is 11.9. The Hall–Kier alpha value is -2.63. The highest BCUT2D eigenvalue weighted by Crippen LogP contribution is 2.27. The van der Waals surface area contributed by atoms with E-state index >= 15 is 0 Å². The van der Waals surface area contributed by atoms with E-state index in [1.807, 2.05) is 41.6 Å². The fourth-order valence-electron chi connectivity index (χ4n) is 3.88. The molecule has 162 valence electrons. The monoisotopic (exact) mass is 410 g/mol. The summed E-state index contributed by atoms with van der Waals surface area (Å²) in [4.78, 5) is 27.0. The first kappa shape index (κ1) is 22.1. The Balaban J connectivity index is 1.59. The van der Waals surface area contributed by atoms with Gasteiger partial charge in [0.25, 0.3) is 5.91 Å². The molecule has 2 aromatic rings. The lowest BCUT2D eigenvalue weighted by atomic mass is 9.86. The van der Waals surface area contributed by atoms with Crippen molar-refractivity contribution in [1.29, 1.82) is 0 Å². The van der Waals surface area contributed by atoms with Gasteiger partial charge in [-0.05, 0) is 41.9 Å². The van der Waals surface area contributed by atoms with Crippen molar-refractivity contribution in [2.24, 2.45) is 5.92 Å². The van der Waals surface area contributed by atoms with Gasteiger partial charge in [0, 0.05) is 31.1 Å². The highest BCUT2D eigenvalue weighted by molar-refractivity contribution is 5.94. The van der Waals surface area contributed by atoms with Crippen LogP contribution in [0, 0.1) is 5.92 Å². The van der Waals surface area contributed by atoms with Crippen molar-refractivity contribution >= 4 is 17.6 Å². The number of aromatic nitrogens is 2. The van der Waals surface area contributed by atoms with Gasteiger partial charge in [0.05, 0.1) is 12.2 Å². The molecule has 6 nitrogen and oxygen atoms in total. The van der Waals surface area contributed by atoms with E-state index in [-0.39, 0.29) is 23.3 Å². The van der Waals surface area contributed by atoms with Crippen LogP contribution in [0.15, 0.2) is 36.5 Å². The average molecular weight is 411 g/mol. The van der Waals surface area contributed by atoms with Crippen molar-refractivity contribution < 1.29 is 9.59 Å². The van der Waals surface area contributed by atoms with E-state index < -0.39 is 0 Å². The van der Waals surface area contributed by atoms with E-state index in [0.717, 1.165) is 24.2 Å². The average Bonchev–Trinajstić information content (AvgIpc) is 3.14. The van der Waals surface area contributed by atoms with Gasteiger partial charge in [0.2, 0.25) is 5.91 Å². The molecule has 2 heterocycles. The van der Waals surface area contributed by atoms with Crippen molar-refractivity contribution in [3.05, 3.63) is 47.7 Å². The van der Waals surface area contributed by atoms with Crippen molar-refractivity contribution in [1.82, 2.24) is 14.7 Å². The predicted octanol–water partition coefficient (Wildman–Crippen LogP) is 4.64. The Morgan fingerprint density at radius 3 is 2.30 bits per heavy atom. The summed E-state index contributed by atoms with van der Waals surface area (Å²) in [5, 5.41) is 7.41.